The van der Waals surface area contributed by atoms with Crippen molar-refractivity contribution in [2.24, 2.45) is 0 Å². The molecular weight excluding hydrogens is 309 g/mol. The van der Waals surface area contributed by atoms with Gasteiger partial charge in [-0.3, -0.25) is 0 Å². The first kappa shape index (κ1) is 15.1. The zero-order valence-corrected chi connectivity index (χ0v) is 12.2. The van der Waals surface area contributed by atoms with Crippen molar-refractivity contribution in [2.75, 3.05) is 11.9 Å². The Hall–Kier alpha value is -1.27. The highest BCUT2D eigenvalue weighted by molar-refractivity contribution is 7.07. The average molecular weight is 321 g/mol. The fourth-order valence-electron chi connectivity index (χ4n) is 1.87. The molecule has 7 heteroatoms. The minimum Gasteiger partial charge on any atom is -0.368 e. The normalized spacial score (nSPS) is 11.7. The summed E-state index contributed by atoms with van der Waals surface area (Å²) in [5, 5.41) is 1.82. The van der Waals surface area contributed by atoms with Crippen LogP contribution in [-0.4, -0.2) is 12.0 Å². The van der Waals surface area contributed by atoms with E-state index >= 15 is 0 Å². The van der Waals surface area contributed by atoms with Crippen molar-refractivity contribution in [2.45, 2.75) is 18.6 Å². The van der Waals surface area contributed by atoms with E-state index in [0.717, 1.165) is 11.8 Å². The Bertz CT molecular complexity index is 569. The molecule has 1 aromatic heterocycles. The topological polar surface area (TPSA) is 16.1 Å². The van der Waals surface area contributed by atoms with Crippen LogP contribution in [0, 0.1) is 0 Å². The van der Waals surface area contributed by atoms with Gasteiger partial charge >= 0.3 is 6.18 Å². The van der Waals surface area contributed by atoms with Gasteiger partial charge in [0.2, 0.25) is 0 Å². The highest BCUT2D eigenvalue weighted by Gasteiger charge is 2.34. The molecule has 1 aromatic carbocycles. The number of benzene rings is 1. The van der Waals surface area contributed by atoms with Crippen LogP contribution >= 0.6 is 22.9 Å². The molecule has 1 heterocycles. The molecular formula is C13H12ClF3N2S. The summed E-state index contributed by atoms with van der Waals surface area (Å²) in [5.74, 6) is 0.0547. The summed E-state index contributed by atoms with van der Waals surface area (Å²) in [6, 6.07) is 4.15. The summed E-state index contributed by atoms with van der Waals surface area (Å²) < 4.78 is 39.4. The molecule has 0 atom stereocenters. The quantitative estimate of drug-likeness (QED) is 0.769. The maximum atomic E-state index is 13.1. The molecule has 0 radical (unpaired) electrons. The molecule has 2 rings (SSSR count). The van der Waals surface area contributed by atoms with Gasteiger partial charge in [0.15, 0.2) is 0 Å². The number of anilines is 1. The molecule has 0 unspecified atom stereocenters. The lowest BCUT2D eigenvalue weighted by Crippen LogP contribution is -2.21. The van der Waals surface area contributed by atoms with Crippen molar-refractivity contribution >= 4 is 28.6 Å². The minimum absolute atomic E-state index is 0.0547. The number of halogens is 4. The van der Waals surface area contributed by atoms with E-state index in [-0.39, 0.29) is 11.6 Å². The first-order valence-electron chi connectivity index (χ1n) is 5.76. The summed E-state index contributed by atoms with van der Waals surface area (Å²) in [6.07, 6.45) is -4.41. The van der Waals surface area contributed by atoms with Gasteiger partial charge in [-0.05, 0) is 17.7 Å². The summed E-state index contributed by atoms with van der Waals surface area (Å²) in [7, 11) is 1.62. The Morgan fingerprint density at radius 1 is 1.35 bits per heavy atom. The molecule has 0 aliphatic rings. The predicted octanol–water partition coefficient (Wildman–Crippen LogP) is 4.54. The lowest BCUT2D eigenvalue weighted by Gasteiger charge is -2.23. The summed E-state index contributed by atoms with van der Waals surface area (Å²) in [6.45, 7) is 0.326. The maximum Gasteiger partial charge on any atom is 0.418 e. The van der Waals surface area contributed by atoms with Gasteiger partial charge in [0.25, 0.3) is 0 Å². The Labute approximate surface area is 123 Å². The van der Waals surface area contributed by atoms with Crippen LogP contribution in [0.5, 0.6) is 0 Å². The number of aromatic nitrogens is 1. The molecule has 2 nitrogen and oxygen atoms in total. The van der Waals surface area contributed by atoms with E-state index in [1.54, 1.807) is 18.6 Å². The third-order valence-corrected chi connectivity index (χ3v) is 3.76. The van der Waals surface area contributed by atoms with Crippen LogP contribution in [0.2, 0.25) is 0 Å². The first-order chi connectivity index (χ1) is 9.41. The summed E-state index contributed by atoms with van der Waals surface area (Å²) in [4.78, 5) is 5.62. The van der Waals surface area contributed by atoms with Crippen molar-refractivity contribution < 1.29 is 13.2 Å². The Morgan fingerprint density at radius 2 is 2.10 bits per heavy atom. The lowest BCUT2D eigenvalue weighted by molar-refractivity contribution is -0.137. The molecule has 20 heavy (non-hydrogen) atoms. The molecule has 108 valence electrons. The van der Waals surface area contributed by atoms with Gasteiger partial charge in [0.05, 0.1) is 23.3 Å². The van der Waals surface area contributed by atoms with Crippen molar-refractivity contribution in [3.05, 3.63) is 45.9 Å². The van der Waals surface area contributed by atoms with Gasteiger partial charge in [0.1, 0.15) is 0 Å². The van der Waals surface area contributed by atoms with Crippen LogP contribution < -0.4 is 4.90 Å². The smallest absolute Gasteiger partial charge is 0.368 e. The third kappa shape index (κ3) is 3.43. The van der Waals surface area contributed by atoms with Gasteiger partial charge < -0.3 is 4.90 Å². The van der Waals surface area contributed by atoms with Crippen molar-refractivity contribution in [3.8, 4) is 0 Å². The number of hydrogen-bond donors (Lipinski definition) is 0. The SMILES string of the molecule is CN(Cc1cscn1)c1ccc(CCl)cc1C(F)(F)F. The Balaban J connectivity index is 2.34. The zero-order valence-electron chi connectivity index (χ0n) is 10.6. The summed E-state index contributed by atoms with van der Waals surface area (Å²) >= 11 is 7.02. The second-order valence-corrected chi connectivity index (χ2v) is 5.30. The second kappa shape index (κ2) is 6.01. The number of nitrogens with zero attached hydrogens (tertiary/aromatic N) is 2. The molecule has 0 spiro atoms. The molecule has 0 fully saturated rings. The second-order valence-electron chi connectivity index (χ2n) is 4.32. The molecule has 0 aliphatic heterocycles. The van der Waals surface area contributed by atoms with E-state index in [4.69, 9.17) is 11.6 Å². The fraction of sp³-hybridized carbons (Fsp3) is 0.308. The maximum absolute atomic E-state index is 13.1. The van der Waals surface area contributed by atoms with E-state index in [1.165, 1.54) is 22.3 Å². The predicted molar refractivity (Wildman–Crippen MR) is 75.2 cm³/mol. The molecule has 0 bridgehead atoms. The largest absolute Gasteiger partial charge is 0.418 e. The molecule has 0 N–H and O–H groups in total. The van der Waals surface area contributed by atoms with Crippen molar-refractivity contribution in [3.63, 3.8) is 0 Å². The molecule has 0 saturated carbocycles. The number of rotatable bonds is 4. The third-order valence-electron chi connectivity index (χ3n) is 2.81. The fourth-order valence-corrected chi connectivity index (χ4v) is 2.59. The Morgan fingerprint density at radius 3 is 2.65 bits per heavy atom. The van der Waals surface area contributed by atoms with Crippen LogP contribution in [-0.2, 0) is 18.6 Å². The zero-order chi connectivity index (χ0) is 14.8. The number of thiazole rings is 1. The van der Waals surface area contributed by atoms with Gasteiger partial charge in [-0.15, -0.1) is 22.9 Å². The molecule has 2 aromatic rings. The van der Waals surface area contributed by atoms with Gasteiger partial charge in [-0.25, -0.2) is 4.98 Å². The number of hydrogen-bond acceptors (Lipinski definition) is 3. The van der Waals surface area contributed by atoms with Gasteiger partial charge in [-0.1, -0.05) is 6.07 Å². The van der Waals surface area contributed by atoms with Crippen LogP contribution in [0.15, 0.2) is 29.1 Å². The summed E-state index contributed by atoms with van der Waals surface area (Å²) in [5.41, 5.74) is 2.30. The minimum atomic E-state index is -4.41. The molecule has 0 amide bonds. The van der Waals surface area contributed by atoms with E-state index < -0.39 is 11.7 Å². The van der Waals surface area contributed by atoms with E-state index in [0.29, 0.717) is 12.1 Å². The van der Waals surface area contributed by atoms with Crippen LogP contribution in [0.25, 0.3) is 0 Å². The van der Waals surface area contributed by atoms with Gasteiger partial charge in [-0.2, -0.15) is 13.2 Å². The number of alkyl halides is 4. The van der Waals surface area contributed by atoms with E-state index in [2.05, 4.69) is 4.98 Å². The lowest BCUT2D eigenvalue weighted by atomic mass is 10.1. The Kier molecular flexibility index (Phi) is 4.55. The standard InChI is InChI=1S/C13H12ClF3N2S/c1-19(6-10-7-20-8-18-10)12-3-2-9(5-14)4-11(12)13(15,16)17/h2-4,7-8H,5-6H2,1H3. The van der Waals surface area contributed by atoms with E-state index in [9.17, 15) is 13.2 Å². The van der Waals surface area contributed by atoms with Crippen LogP contribution in [0.1, 0.15) is 16.8 Å². The van der Waals surface area contributed by atoms with Crippen LogP contribution in [0.4, 0.5) is 18.9 Å². The first-order valence-corrected chi connectivity index (χ1v) is 7.24. The van der Waals surface area contributed by atoms with Gasteiger partial charge in [0, 0.05) is 24.0 Å². The highest BCUT2D eigenvalue weighted by atomic mass is 35.5. The monoisotopic (exact) mass is 320 g/mol. The van der Waals surface area contributed by atoms with E-state index in [1.807, 2.05) is 5.38 Å². The average Bonchev–Trinajstić information content (AvgIpc) is 2.89. The van der Waals surface area contributed by atoms with Crippen LogP contribution in [0.3, 0.4) is 0 Å². The molecule has 0 aliphatic carbocycles. The van der Waals surface area contributed by atoms with Crippen molar-refractivity contribution in [1.29, 1.82) is 0 Å². The molecule has 0 saturated heterocycles. The highest BCUT2D eigenvalue weighted by Crippen LogP contribution is 2.37. The van der Waals surface area contributed by atoms with Crippen molar-refractivity contribution in [1.82, 2.24) is 4.98 Å².